The summed E-state index contributed by atoms with van der Waals surface area (Å²) in [4.78, 5) is 24.8. The number of rotatable bonds is 8. The number of sulfone groups is 1. The first-order valence-electron chi connectivity index (χ1n) is 11.1. The molecule has 1 fully saturated rings. The van der Waals surface area contributed by atoms with Gasteiger partial charge >= 0.3 is 0 Å². The third kappa shape index (κ3) is 4.62. The predicted molar refractivity (Wildman–Crippen MR) is 127 cm³/mol. The number of carbonyl (C=O) groups excluding carboxylic acids is 2. The van der Waals surface area contributed by atoms with Crippen LogP contribution in [-0.4, -0.2) is 61.1 Å². The van der Waals surface area contributed by atoms with Crippen LogP contribution >= 0.6 is 0 Å². The van der Waals surface area contributed by atoms with Crippen molar-refractivity contribution in [3.05, 3.63) is 60.3 Å². The Morgan fingerprint density at radius 2 is 1.80 bits per heavy atom. The summed E-state index contributed by atoms with van der Waals surface area (Å²) in [5, 5.41) is 12.9. The molecule has 1 saturated heterocycles. The van der Waals surface area contributed by atoms with Crippen LogP contribution in [0.5, 0.6) is 5.75 Å². The smallest absolute Gasteiger partial charge is 0.268 e. The number of hydroxylamine groups is 1. The number of aromatic nitrogens is 1. The van der Waals surface area contributed by atoms with Gasteiger partial charge in [0, 0.05) is 31.2 Å². The lowest BCUT2D eigenvalue weighted by Crippen LogP contribution is -2.54. The summed E-state index contributed by atoms with van der Waals surface area (Å²) >= 11 is 0. The van der Waals surface area contributed by atoms with Crippen LogP contribution in [0, 0.1) is 0 Å². The second-order valence-electron chi connectivity index (χ2n) is 8.27. The van der Waals surface area contributed by atoms with Crippen LogP contribution in [-0.2, 0) is 26.4 Å². The fraction of sp³-hybridized carbons (Fsp3) is 0.333. The number of hydrogen-bond acceptors (Lipinski definition) is 7. The molecule has 0 unspecified atom stereocenters. The second kappa shape index (κ2) is 10.1. The van der Waals surface area contributed by atoms with Gasteiger partial charge in [0.2, 0.25) is 0 Å². The van der Waals surface area contributed by atoms with Gasteiger partial charge in [-0.15, -0.1) is 0 Å². The molecule has 1 aromatic heterocycles. The number of benzene rings is 2. The highest BCUT2D eigenvalue weighted by Crippen LogP contribution is 2.35. The summed E-state index contributed by atoms with van der Waals surface area (Å²) in [6, 6.07) is 15.2. The topological polar surface area (TPSA) is 136 Å². The minimum absolute atomic E-state index is 0.0561. The van der Waals surface area contributed by atoms with Gasteiger partial charge in [-0.25, -0.2) is 13.9 Å². The van der Waals surface area contributed by atoms with Gasteiger partial charge in [-0.1, -0.05) is 18.2 Å². The lowest BCUT2D eigenvalue weighted by molar-refractivity contribution is -0.134. The van der Waals surface area contributed by atoms with Gasteiger partial charge in [0.1, 0.15) is 18.1 Å². The molecule has 0 bridgehead atoms. The lowest BCUT2D eigenvalue weighted by Gasteiger charge is -2.34. The average molecular weight is 502 g/mol. The first kappa shape index (κ1) is 24.7. The van der Waals surface area contributed by atoms with E-state index in [4.69, 9.17) is 14.7 Å². The summed E-state index contributed by atoms with van der Waals surface area (Å²) in [7, 11) is -2.27. The van der Waals surface area contributed by atoms with Crippen LogP contribution in [0.1, 0.15) is 23.3 Å². The Labute approximate surface area is 202 Å². The zero-order chi connectivity index (χ0) is 25.1. The molecule has 11 heteroatoms. The molecule has 0 radical (unpaired) electrons. The first-order valence-corrected chi connectivity index (χ1v) is 12.6. The van der Waals surface area contributed by atoms with Crippen LogP contribution in [0.3, 0.4) is 0 Å². The maximum atomic E-state index is 13.3. The fourth-order valence-electron chi connectivity index (χ4n) is 4.29. The zero-order valence-corrected chi connectivity index (χ0v) is 20.0. The number of nitrogens with zero attached hydrogens (tertiary/aromatic N) is 1. The quantitative estimate of drug-likeness (QED) is 0.243. The highest BCUT2D eigenvalue weighted by atomic mass is 32.2. The summed E-state index contributed by atoms with van der Waals surface area (Å²) in [6.45, 7) is 0.618. The van der Waals surface area contributed by atoms with Crippen molar-refractivity contribution in [1.29, 1.82) is 0 Å². The Kier molecular flexibility index (Phi) is 7.10. The first-order chi connectivity index (χ1) is 16.8. The van der Waals surface area contributed by atoms with E-state index in [1.807, 2.05) is 41.9 Å². The van der Waals surface area contributed by atoms with E-state index in [1.54, 1.807) is 0 Å². The zero-order valence-electron chi connectivity index (χ0n) is 19.2. The van der Waals surface area contributed by atoms with E-state index in [2.05, 4.69) is 5.32 Å². The van der Waals surface area contributed by atoms with Gasteiger partial charge in [0.05, 0.1) is 11.4 Å². The van der Waals surface area contributed by atoms with Gasteiger partial charge in [-0.05, 0) is 49.2 Å². The van der Waals surface area contributed by atoms with Gasteiger partial charge in [0.25, 0.3) is 11.8 Å². The molecule has 2 amide bonds. The van der Waals surface area contributed by atoms with E-state index < -0.39 is 20.5 Å². The number of aryl methyl sites for hydroxylation is 1. The van der Waals surface area contributed by atoms with Crippen LogP contribution in [0.15, 0.2) is 59.5 Å². The molecule has 0 saturated carbocycles. The minimum atomic E-state index is -4.10. The molecule has 35 heavy (non-hydrogen) atoms. The molecule has 1 aliphatic heterocycles. The van der Waals surface area contributed by atoms with Crippen LogP contribution in [0.25, 0.3) is 10.9 Å². The Morgan fingerprint density at radius 1 is 1.11 bits per heavy atom. The van der Waals surface area contributed by atoms with Crippen molar-refractivity contribution in [3.63, 3.8) is 0 Å². The van der Waals surface area contributed by atoms with Crippen molar-refractivity contribution in [2.75, 3.05) is 26.4 Å². The molecule has 3 aromatic rings. The molecule has 1 aliphatic rings. The number of nitrogens with one attached hydrogen (secondary N) is 2. The molecule has 0 atom stereocenters. The Morgan fingerprint density at radius 3 is 2.46 bits per heavy atom. The third-order valence-corrected chi connectivity index (χ3v) is 8.82. The normalized spacial score (nSPS) is 15.5. The molecular formula is C24H27N3O7S. The Bertz CT molecular complexity index is 1330. The van der Waals surface area contributed by atoms with Crippen molar-refractivity contribution in [2.45, 2.75) is 22.5 Å². The van der Waals surface area contributed by atoms with Crippen LogP contribution in [0.4, 0.5) is 0 Å². The van der Waals surface area contributed by atoms with Gasteiger partial charge < -0.3 is 19.4 Å². The monoisotopic (exact) mass is 501 g/mol. The molecule has 2 aromatic carbocycles. The second-order valence-corrected chi connectivity index (χ2v) is 10.5. The van der Waals surface area contributed by atoms with Crippen LogP contribution < -0.4 is 15.5 Å². The van der Waals surface area contributed by atoms with Crippen molar-refractivity contribution in [3.8, 4) is 5.75 Å². The van der Waals surface area contributed by atoms with Crippen molar-refractivity contribution in [1.82, 2.24) is 15.4 Å². The van der Waals surface area contributed by atoms with Crippen molar-refractivity contribution < 1.29 is 32.7 Å². The van der Waals surface area contributed by atoms with E-state index in [1.165, 1.54) is 29.7 Å². The van der Waals surface area contributed by atoms with Gasteiger partial charge in [-0.3, -0.25) is 14.8 Å². The molecule has 10 nitrogen and oxygen atoms in total. The highest BCUT2D eigenvalue weighted by Gasteiger charge is 2.52. The predicted octanol–water partition coefficient (Wildman–Crippen LogP) is 1.82. The molecule has 0 aliphatic carbocycles. The summed E-state index contributed by atoms with van der Waals surface area (Å²) in [5.74, 6) is -0.781. The van der Waals surface area contributed by atoms with Gasteiger partial charge in [-0.2, -0.15) is 0 Å². The third-order valence-electron chi connectivity index (χ3n) is 6.30. The van der Waals surface area contributed by atoms with E-state index >= 15 is 0 Å². The van der Waals surface area contributed by atoms with Crippen molar-refractivity contribution >= 4 is 32.6 Å². The summed E-state index contributed by atoms with van der Waals surface area (Å²) < 4.78 is 37.4. The maximum absolute atomic E-state index is 13.3. The Hall–Kier alpha value is -3.41. The van der Waals surface area contributed by atoms with E-state index in [-0.39, 0.29) is 50.0 Å². The highest BCUT2D eigenvalue weighted by molar-refractivity contribution is 7.93. The van der Waals surface area contributed by atoms with Gasteiger partial charge in [0.15, 0.2) is 14.6 Å². The lowest BCUT2D eigenvalue weighted by atomic mass is 9.98. The average Bonchev–Trinajstić information content (AvgIpc) is 3.23. The molecule has 186 valence electrons. The van der Waals surface area contributed by atoms with E-state index in [0.717, 1.165) is 10.9 Å². The largest absolute Gasteiger partial charge is 0.492 e. The maximum Gasteiger partial charge on any atom is 0.268 e. The van der Waals surface area contributed by atoms with E-state index in [9.17, 15) is 18.0 Å². The summed E-state index contributed by atoms with van der Waals surface area (Å²) in [6.07, 6.45) is -0.118. The molecule has 0 spiro atoms. The minimum Gasteiger partial charge on any atom is -0.492 e. The molecule has 2 heterocycles. The number of ether oxygens (including phenoxy) is 2. The molecule has 3 N–H and O–H groups in total. The number of fused-ring (bicyclic) bond motifs is 1. The Balaban J connectivity index is 1.36. The molecular weight excluding hydrogens is 474 g/mol. The van der Waals surface area contributed by atoms with Crippen molar-refractivity contribution in [2.24, 2.45) is 7.05 Å². The number of carbonyl (C=O) groups is 2. The van der Waals surface area contributed by atoms with E-state index in [0.29, 0.717) is 11.4 Å². The standard InChI is InChI=1S/C24H27N3O7S/c1-27-20-5-3-2-4-17(20)16-21(27)22(28)25-12-15-34-18-6-8-19(9-7-18)35(31,32)24(23(29)26-30)10-13-33-14-11-24/h2-9,16,30H,10-15H2,1H3,(H,25,28)(H,26,29). The number of hydrogen-bond donors (Lipinski definition) is 3. The van der Waals surface area contributed by atoms with Crippen LogP contribution in [0.2, 0.25) is 0 Å². The molecule has 4 rings (SSSR count). The summed E-state index contributed by atoms with van der Waals surface area (Å²) in [5.41, 5.74) is 2.99. The number of para-hydroxylation sites is 1. The number of amides is 2. The SMILES string of the molecule is Cn1c(C(=O)NCCOc2ccc(S(=O)(=O)C3(C(=O)NO)CCOCC3)cc2)cc2ccccc21. The fourth-order valence-corrected chi connectivity index (χ4v) is 6.23.